The van der Waals surface area contributed by atoms with Crippen molar-refractivity contribution in [2.45, 2.75) is 13.8 Å². The summed E-state index contributed by atoms with van der Waals surface area (Å²) in [5, 5.41) is 14.9. The van der Waals surface area contributed by atoms with Gasteiger partial charge in [0.1, 0.15) is 11.5 Å². The van der Waals surface area contributed by atoms with E-state index in [0.29, 0.717) is 34.0 Å². The van der Waals surface area contributed by atoms with Crippen LogP contribution >= 0.6 is 11.6 Å². The van der Waals surface area contributed by atoms with Gasteiger partial charge in [-0.2, -0.15) is 10.1 Å². The van der Waals surface area contributed by atoms with Crippen LogP contribution in [0.1, 0.15) is 11.1 Å². The summed E-state index contributed by atoms with van der Waals surface area (Å²) in [5.74, 6) is 1.97. The predicted octanol–water partition coefficient (Wildman–Crippen LogP) is 4.65. The Labute approximate surface area is 162 Å². The number of nitrogens with one attached hydrogen (secondary N) is 2. The van der Waals surface area contributed by atoms with Crippen molar-refractivity contribution in [3.8, 4) is 11.5 Å². The standard InChI is InChI=1S/C19H20ClN5O2/c1-11-6-5-7-14(12(11)2)23-19-24-18(10-21-25-19)22-15-9-16(26-3)13(20)8-17(15)27-4/h5-10H,1-4H3,(H2,22,23,24,25). The molecular formula is C19H20ClN5O2. The topological polar surface area (TPSA) is 81.2 Å². The first-order valence-corrected chi connectivity index (χ1v) is 8.61. The highest BCUT2D eigenvalue weighted by Crippen LogP contribution is 2.37. The number of aromatic nitrogens is 3. The fraction of sp³-hybridized carbons (Fsp3) is 0.211. The number of nitrogens with zero attached hydrogens (tertiary/aromatic N) is 3. The van der Waals surface area contributed by atoms with Crippen molar-refractivity contribution < 1.29 is 9.47 Å². The molecule has 8 heteroatoms. The highest BCUT2D eigenvalue weighted by atomic mass is 35.5. The second kappa shape index (κ2) is 8.09. The Morgan fingerprint density at radius 3 is 2.48 bits per heavy atom. The Morgan fingerprint density at radius 2 is 1.74 bits per heavy atom. The molecule has 0 saturated heterocycles. The molecule has 140 valence electrons. The molecule has 0 saturated carbocycles. The van der Waals surface area contributed by atoms with Crippen molar-refractivity contribution in [2.24, 2.45) is 0 Å². The third-order valence-corrected chi connectivity index (χ3v) is 4.44. The van der Waals surface area contributed by atoms with Crippen molar-refractivity contribution in [2.75, 3.05) is 24.9 Å². The maximum Gasteiger partial charge on any atom is 0.249 e. The Balaban J connectivity index is 1.87. The molecule has 0 aliphatic rings. The van der Waals surface area contributed by atoms with E-state index in [1.54, 1.807) is 26.4 Å². The molecule has 0 radical (unpaired) electrons. The molecule has 0 fully saturated rings. The van der Waals surface area contributed by atoms with E-state index in [1.165, 1.54) is 11.8 Å². The van der Waals surface area contributed by atoms with Crippen LogP contribution in [-0.2, 0) is 0 Å². The lowest BCUT2D eigenvalue weighted by molar-refractivity contribution is 0.405. The molecule has 0 aliphatic heterocycles. The zero-order valence-electron chi connectivity index (χ0n) is 15.5. The molecule has 0 amide bonds. The lowest BCUT2D eigenvalue weighted by Gasteiger charge is -2.14. The van der Waals surface area contributed by atoms with Crippen LogP contribution in [0.25, 0.3) is 0 Å². The zero-order chi connectivity index (χ0) is 19.4. The summed E-state index contributed by atoms with van der Waals surface area (Å²) in [7, 11) is 3.12. The molecule has 1 aromatic heterocycles. The van der Waals surface area contributed by atoms with Gasteiger partial charge >= 0.3 is 0 Å². The summed E-state index contributed by atoms with van der Waals surface area (Å²) in [5.41, 5.74) is 3.89. The number of hydrogen-bond donors (Lipinski definition) is 2. The van der Waals surface area contributed by atoms with Gasteiger partial charge in [0.25, 0.3) is 0 Å². The van der Waals surface area contributed by atoms with Crippen molar-refractivity contribution >= 4 is 34.7 Å². The van der Waals surface area contributed by atoms with E-state index in [0.717, 1.165) is 11.3 Å². The first kappa shape index (κ1) is 18.7. The minimum atomic E-state index is 0.383. The largest absolute Gasteiger partial charge is 0.495 e. The molecule has 27 heavy (non-hydrogen) atoms. The van der Waals surface area contributed by atoms with Crippen LogP contribution in [0.5, 0.6) is 11.5 Å². The summed E-state index contributed by atoms with van der Waals surface area (Å²) < 4.78 is 10.6. The number of aryl methyl sites for hydroxylation is 1. The molecule has 0 aliphatic carbocycles. The molecule has 0 unspecified atom stereocenters. The van der Waals surface area contributed by atoms with Gasteiger partial charge in [0, 0.05) is 17.8 Å². The van der Waals surface area contributed by atoms with E-state index >= 15 is 0 Å². The van der Waals surface area contributed by atoms with E-state index < -0.39 is 0 Å². The fourth-order valence-corrected chi connectivity index (χ4v) is 2.75. The summed E-state index contributed by atoms with van der Waals surface area (Å²) >= 11 is 6.15. The SMILES string of the molecule is COc1cc(Nc2cnnc(Nc3cccc(C)c3C)n2)c(OC)cc1Cl. The average Bonchev–Trinajstić information content (AvgIpc) is 2.67. The van der Waals surface area contributed by atoms with E-state index in [-0.39, 0.29) is 0 Å². The second-order valence-electron chi connectivity index (χ2n) is 5.85. The Hall–Kier alpha value is -3.06. The van der Waals surface area contributed by atoms with Gasteiger partial charge in [-0.05, 0) is 31.0 Å². The van der Waals surface area contributed by atoms with Gasteiger partial charge in [0.05, 0.1) is 31.1 Å². The highest BCUT2D eigenvalue weighted by molar-refractivity contribution is 6.32. The van der Waals surface area contributed by atoms with Crippen LogP contribution in [0.3, 0.4) is 0 Å². The van der Waals surface area contributed by atoms with Crippen LogP contribution in [0.4, 0.5) is 23.1 Å². The molecule has 0 bridgehead atoms. The smallest absolute Gasteiger partial charge is 0.249 e. The molecule has 2 N–H and O–H groups in total. The van der Waals surface area contributed by atoms with E-state index in [4.69, 9.17) is 21.1 Å². The van der Waals surface area contributed by atoms with Crippen LogP contribution in [-0.4, -0.2) is 29.4 Å². The number of rotatable bonds is 6. The molecule has 2 aromatic carbocycles. The van der Waals surface area contributed by atoms with Crippen molar-refractivity contribution in [3.63, 3.8) is 0 Å². The first-order valence-electron chi connectivity index (χ1n) is 8.23. The number of benzene rings is 2. The van der Waals surface area contributed by atoms with Crippen LogP contribution in [0.2, 0.25) is 5.02 Å². The summed E-state index contributed by atoms with van der Waals surface area (Å²) in [6.45, 7) is 4.09. The number of anilines is 4. The quantitative estimate of drug-likeness (QED) is 0.639. The van der Waals surface area contributed by atoms with Crippen LogP contribution in [0.15, 0.2) is 36.5 Å². The van der Waals surface area contributed by atoms with Gasteiger partial charge in [-0.3, -0.25) is 0 Å². The Kier molecular flexibility index (Phi) is 5.61. The summed E-state index contributed by atoms with van der Waals surface area (Å²) in [6, 6.07) is 9.41. The second-order valence-corrected chi connectivity index (χ2v) is 6.26. The third-order valence-electron chi connectivity index (χ3n) is 4.15. The minimum Gasteiger partial charge on any atom is -0.495 e. The van der Waals surface area contributed by atoms with Crippen LogP contribution < -0.4 is 20.1 Å². The zero-order valence-corrected chi connectivity index (χ0v) is 16.3. The van der Waals surface area contributed by atoms with Crippen molar-refractivity contribution in [3.05, 3.63) is 52.7 Å². The summed E-state index contributed by atoms with van der Waals surface area (Å²) in [4.78, 5) is 4.46. The monoisotopic (exact) mass is 385 g/mol. The maximum atomic E-state index is 6.15. The molecule has 3 rings (SSSR count). The average molecular weight is 386 g/mol. The minimum absolute atomic E-state index is 0.383. The fourth-order valence-electron chi connectivity index (χ4n) is 2.52. The van der Waals surface area contributed by atoms with E-state index in [2.05, 4.69) is 38.8 Å². The molecule has 0 atom stereocenters. The van der Waals surface area contributed by atoms with Crippen molar-refractivity contribution in [1.82, 2.24) is 15.2 Å². The third kappa shape index (κ3) is 4.20. The van der Waals surface area contributed by atoms with Crippen molar-refractivity contribution in [1.29, 1.82) is 0 Å². The maximum absolute atomic E-state index is 6.15. The predicted molar refractivity (Wildman–Crippen MR) is 107 cm³/mol. The van der Waals surface area contributed by atoms with Gasteiger partial charge in [0.15, 0.2) is 5.82 Å². The van der Waals surface area contributed by atoms with E-state index in [1.807, 2.05) is 19.1 Å². The number of hydrogen-bond acceptors (Lipinski definition) is 7. The Morgan fingerprint density at radius 1 is 0.963 bits per heavy atom. The van der Waals surface area contributed by atoms with E-state index in [9.17, 15) is 0 Å². The number of methoxy groups -OCH3 is 2. The lowest BCUT2D eigenvalue weighted by Crippen LogP contribution is -2.04. The molecular weight excluding hydrogens is 366 g/mol. The molecule has 7 nitrogen and oxygen atoms in total. The normalized spacial score (nSPS) is 10.4. The molecule has 3 aromatic rings. The lowest BCUT2D eigenvalue weighted by atomic mass is 10.1. The summed E-state index contributed by atoms with van der Waals surface area (Å²) in [6.07, 6.45) is 1.52. The molecule has 1 heterocycles. The van der Waals surface area contributed by atoms with Gasteiger partial charge in [0.2, 0.25) is 5.95 Å². The van der Waals surface area contributed by atoms with Gasteiger partial charge in [-0.1, -0.05) is 23.7 Å². The highest BCUT2D eigenvalue weighted by Gasteiger charge is 2.12. The number of ether oxygens (including phenoxy) is 2. The van der Waals surface area contributed by atoms with Crippen LogP contribution in [0, 0.1) is 13.8 Å². The first-order chi connectivity index (χ1) is 13.0. The molecule has 0 spiro atoms. The number of halogens is 1. The van der Waals surface area contributed by atoms with Gasteiger partial charge in [-0.15, -0.1) is 5.10 Å². The Bertz CT molecular complexity index is 965. The van der Waals surface area contributed by atoms with Gasteiger partial charge in [-0.25, -0.2) is 0 Å². The van der Waals surface area contributed by atoms with Gasteiger partial charge < -0.3 is 20.1 Å².